The Hall–Kier alpha value is -1.26. The molecule has 1 aromatic rings. The Kier molecular flexibility index (Phi) is 3.78. The van der Waals surface area contributed by atoms with E-state index in [1.54, 1.807) is 13.0 Å². The molecule has 18 heavy (non-hydrogen) atoms. The summed E-state index contributed by atoms with van der Waals surface area (Å²) in [6, 6.07) is 7.27. The first-order valence-corrected chi connectivity index (χ1v) is 6.37. The van der Waals surface area contributed by atoms with E-state index in [0.29, 0.717) is 17.9 Å². The molecule has 0 radical (unpaired) electrons. The molecule has 1 aliphatic carbocycles. The Morgan fingerprint density at radius 2 is 2.22 bits per heavy atom. The smallest absolute Gasteiger partial charge is 0.409 e. The fraction of sp³-hybridized carbons (Fsp3) is 0.462. The second-order valence-electron chi connectivity index (χ2n) is 4.51. The van der Waals surface area contributed by atoms with Crippen molar-refractivity contribution in [3.8, 4) is 0 Å². The number of carbonyl (C=O) groups is 1. The van der Waals surface area contributed by atoms with Crippen molar-refractivity contribution >= 4 is 17.7 Å². The molecule has 3 atom stereocenters. The highest BCUT2D eigenvalue weighted by atomic mass is 35.5. The molecule has 1 saturated carbocycles. The summed E-state index contributed by atoms with van der Waals surface area (Å²) in [4.78, 5) is 12.3. The molecule has 0 aliphatic heterocycles. The first-order chi connectivity index (χ1) is 8.56. The fourth-order valence-corrected chi connectivity index (χ4v) is 2.56. The molecule has 0 saturated heterocycles. The van der Waals surface area contributed by atoms with E-state index in [4.69, 9.17) is 16.7 Å². The van der Waals surface area contributed by atoms with Gasteiger partial charge in [0.2, 0.25) is 0 Å². The van der Waals surface area contributed by atoms with Crippen molar-refractivity contribution in [3.63, 3.8) is 0 Å². The second-order valence-corrected chi connectivity index (χ2v) is 4.92. The average molecular weight is 270 g/mol. The van der Waals surface area contributed by atoms with Crippen molar-refractivity contribution in [2.45, 2.75) is 38.0 Å². The third-order valence-electron chi connectivity index (χ3n) is 3.33. The molecule has 0 spiro atoms. The van der Waals surface area contributed by atoms with Gasteiger partial charge in [-0.3, -0.25) is 4.90 Å². The molecular formula is C13H16ClNO3. The molecule has 2 N–H and O–H groups in total. The summed E-state index contributed by atoms with van der Waals surface area (Å²) in [6.45, 7) is 1.76. The van der Waals surface area contributed by atoms with Gasteiger partial charge in [0, 0.05) is 17.0 Å². The molecule has 5 heteroatoms. The van der Waals surface area contributed by atoms with Crippen molar-refractivity contribution in [2.24, 2.45) is 0 Å². The number of aliphatic hydroxyl groups excluding tert-OH is 1. The lowest BCUT2D eigenvalue weighted by Crippen LogP contribution is -2.41. The predicted molar refractivity (Wildman–Crippen MR) is 68.8 cm³/mol. The number of aliphatic hydroxyl groups is 1. The quantitative estimate of drug-likeness (QED) is 0.826. The monoisotopic (exact) mass is 269 g/mol. The first kappa shape index (κ1) is 13.2. The highest BCUT2D eigenvalue weighted by Gasteiger charge is 2.47. The topological polar surface area (TPSA) is 60.8 Å². The molecule has 1 aromatic carbocycles. The lowest BCUT2D eigenvalue weighted by Gasteiger charge is -2.24. The third-order valence-corrected chi connectivity index (χ3v) is 3.67. The van der Waals surface area contributed by atoms with E-state index in [1.807, 2.05) is 18.2 Å². The molecular weight excluding hydrogens is 254 g/mol. The number of carboxylic acid groups (broad SMARTS) is 1. The van der Waals surface area contributed by atoms with E-state index in [0.717, 1.165) is 10.5 Å². The van der Waals surface area contributed by atoms with Crippen molar-refractivity contribution in [3.05, 3.63) is 34.9 Å². The highest BCUT2D eigenvalue weighted by Crippen LogP contribution is 2.47. The molecule has 98 valence electrons. The normalized spacial score (nSPS) is 23.5. The maximum atomic E-state index is 11.2. The predicted octanol–water partition coefficient (Wildman–Crippen LogP) is 2.90. The van der Waals surface area contributed by atoms with Crippen molar-refractivity contribution in [1.29, 1.82) is 0 Å². The summed E-state index contributed by atoms with van der Waals surface area (Å²) in [5.74, 6) is 0.0935. The van der Waals surface area contributed by atoms with Gasteiger partial charge >= 0.3 is 6.09 Å². The van der Waals surface area contributed by atoms with E-state index < -0.39 is 12.3 Å². The fourth-order valence-electron chi connectivity index (χ4n) is 2.29. The summed E-state index contributed by atoms with van der Waals surface area (Å²) in [6.07, 6.45) is -0.922. The Labute approximate surface area is 111 Å². The number of hydrogen-bond acceptors (Lipinski definition) is 2. The van der Waals surface area contributed by atoms with Gasteiger partial charge in [0.05, 0.1) is 0 Å². The maximum Gasteiger partial charge on any atom is 0.409 e. The van der Waals surface area contributed by atoms with Gasteiger partial charge in [0.1, 0.15) is 6.23 Å². The molecule has 2 rings (SSSR count). The summed E-state index contributed by atoms with van der Waals surface area (Å²) in [7, 11) is 0. The molecule has 1 amide bonds. The van der Waals surface area contributed by atoms with Crippen molar-refractivity contribution in [1.82, 2.24) is 4.90 Å². The summed E-state index contributed by atoms with van der Waals surface area (Å²) < 4.78 is 0. The van der Waals surface area contributed by atoms with Gasteiger partial charge in [-0.2, -0.15) is 0 Å². The van der Waals surface area contributed by atoms with Crippen LogP contribution in [0.1, 0.15) is 31.2 Å². The summed E-state index contributed by atoms with van der Waals surface area (Å²) >= 11 is 6.09. The van der Waals surface area contributed by atoms with Crippen LogP contribution in [0.25, 0.3) is 0 Å². The zero-order valence-corrected chi connectivity index (χ0v) is 10.8. The largest absolute Gasteiger partial charge is 0.465 e. The minimum atomic E-state index is -1.08. The molecule has 4 nitrogen and oxygen atoms in total. The van der Waals surface area contributed by atoms with Crippen LogP contribution in [-0.2, 0) is 0 Å². The lowest BCUT2D eigenvalue weighted by atomic mass is 10.1. The third kappa shape index (κ3) is 2.44. The van der Waals surface area contributed by atoms with E-state index in [-0.39, 0.29) is 12.0 Å². The summed E-state index contributed by atoms with van der Waals surface area (Å²) in [5.41, 5.74) is 0.957. The Morgan fingerprint density at radius 1 is 1.56 bits per heavy atom. The Balaban J connectivity index is 2.14. The molecule has 0 heterocycles. The van der Waals surface area contributed by atoms with Crippen molar-refractivity contribution in [2.75, 3.05) is 0 Å². The van der Waals surface area contributed by atoms with Gasteiger partial charge in [0.15, 0.2) is 0 Å². The molecule has 3 unspecified atom stereocenters. The number of nitrogens with zero attached hydrogens (tertiary/aromatic N) is 1. The Bertz CT molecular complexity index is 452. The lowest BCUT2D eigenvalue weighted by molar-refractivity contribution is 0.00426. The van der Waals surface area contributed by atoms with Crippen LogP contribution in [0.3, 0.4) is 0 Å². The maximum absolute atomic E-state index is 11.2. The molecule has 0 bridgehead atoms. The van der Waals surface area contributed by atoms with E-state index in [9.17, 15) is 9.90 Å². The number of hydrogen-bond donors (Lipinski definition) is 2. The number of benzene rings is 1. The zero-order valence-electron chi connectivity index (χ0n) is 10.1. The van der Waals surface area contributed by atoms with Gasteiger partial charge in [-0.05, 0) is 24.5 Å². The first-order valence-electron chi connectivity index (χ1n) is 6.00. The SMILES string of the molecule is CCC(O)N(C(=O)O)C1CC1c1ccccc1Cl. The van der Waals surface area contributed by atoms with Crippen LogP contribution >= 0.6 is 11.6 Å². The van der Waals surface area contributed by atoms with Crippen molar-refractivity contribution < 1.29 is 15.0 Å². The second kappa shape index (κ2) is 5.16. The van der Waals surface area contributed by atoms with Gasteiger partial charge in [-0.25, -0.2) is 4.79 Å². The zero-order chi connectivity index (χ0) is 13.3. The highest BCUT2D eigenvalue weighted by molar-refractivity contribution is 6.31. The van der Waals surface area contributed by atoms with Gasteiger partial charge in [-0.15, -0.1) is 0 Å². The van der Waals surface area contributed by atoms with Crippen LogP contribution < -0.4 is 0 Å². The number of rotatable bonds is 4. The van der Waals surface area contributed by atoms with Crippen LogP contribution in [0, 0.1) is 0 Å². The van der Waals surface area contributed by atoms with Gasteiger partial charge < -0.3 is 10.2 Å². The summed E-state index contributed by atoms with van der Waals surface area (Å²) in [5, 5.41) is 19.6. The average Bonchev–Trinajstić information content (AvgIpc) is 3.09. The van der Waals surface area contributed by atoms with Crippen LogP contribution in [0.15, 0.2) is 24.3 Å². The Morgan fingerprint density at radius 3 is 2.78 bits per heavy atom. The minimum Gasteiger partial charge on any atom is -0.465 e. The van der Waals surface area contributed by atoms with Gasteiger partial charge in [-0.1, -0.05) is 36.7 Å². The van der Waals surface area contributed by atoms with Crippen LogP contribution in [-0.4, -0.2) is 33.5 Å². The molecule has 1 aliphatic rings. The van der Waals surface area contributed by atoms with Crippen LogP contribution in [0.5, 0.6) is 0 Å². The van der Waals surface area contributed by atoms with E-state index in [1.165, 1.54) is 0 Å². The number of amides is 1. The molecule has 1 fully saturated rings. The van der Waals surface area contributed by atoms with Crippen LogP contribution in [0.4, 0.5) is 4.79 Å². The number of halogens is 1. The van der Waals surface area contributed by atoms with E-state index in [2.05, 4.69) is 0 Å². The van der Waals surface area contributed by atoms with Crippen LogP contribution in [0.2, 0.25) is 5.02 Å². The minimum absolute atomic E-state index is 0.0935. The molecule has 0 aromatic heterocycles. The standard InChI is InChI=1S/C13H16ClNO3/c1-2-12(16)15(13(17)18)11-7-9(11)8-5-3-4-6-10(8)14/h3-6,9,11-12,16H,2,7H2,1H3,(H,17,18). The van der Waals surface area contributed by atoms with Gasteiger partial charge in [0.25, 0.3) is 0 Å². The van der Waals surface area contributed by atoms with E-state index >= 15 is 0 Å².